The SMILES string of the molecule is C[C@H]1CC[C@@H](C(=O)NCc2cc(-c3cnc(C4CC4)nc3)ncc2F)N1S(=O)(=O)c1ccc(F)cc1. The first-order chi connectivity index (χ1) is 17.2. The van der Waals surface area contributed by atoms with E-state index in [2.05, 4.69) is 20.3 Å². The molecule has 0 radical (unpaired) electrons. The van der Waals surface area contributed by atoms with Gasteiger partial charge in [0.15, 0.2) is 0 Å². The quantitative estimate of drug-likeness (QED) is 0.518. The number of nitrogens with zero attached hydrogens (tertiary/aromatic N) is 4. The summed E-state index contributed by atoms with van der Waals surface area (Å²) in [5, 5.41) is 2.67. The van der Waals surface area contributed by atoms with Gasteiger partial charge in [-0.05, 0) is 62.9 Å². The van der Waals surface area contributed by atoms with Crippen molar-refractivity contribution < 1.29 is 22.0 Å². The van der Waals surface area contributed by atoms with Gasteiger partial charge in [-0.2, -0.15) is 4.31 Å². The standard InChI is InChI=1S/C25H25F2N5O3S/c1-15-2-9-23(32(15)36(34,35)20-7-5-19(26)6-8-20)25(33)31-11-17-10-22(28-14-21(17)27)18-12-29-24(30-13-18)16-3-4-16/h5-8,10,12-16,23H,2-4,9,11H2,1H3,(H,31,33)/t15-,23-/m0/s1. The van der Waals surface area contributed by atoms with E-state index in [1.165, 1.54) is 18.2 Å². The first-order valence-electron chi connectivity index (χ1n) is 11.8. The molecule has 2 fully saturated rings. The fraction of sp³-hybridized carbons (Fsp3) is 0.360. The van der Waals surface area contributed by atoms with Gasteiger partial charge in [-0.15, -0.1) is 0 Å². The molecule has 11 heteroatoms. The summed E-state index contributed by atoms with van der Waals surface area (Å²) in [7, 11) is -4.03. The van der Waals surface area contributed by atoms with E-state index in [1.54, 1.807) is 19.3 Å². The van der Waals surface area contributed by atoms with Crippen molar-refractivity contribution in [2.45, 2.75) is 62.0 Å². The number of hydrogen-bond acceptors (Lipinski definition) is 6. The summed E-state index contributed by atoms with van der Waals surface area (Å²) in [5.41, 5.74) is 1.31. The van der Waals surface area contributed by atoms with Crippen LogP contribution in [0, 0.1) is 11.6 Å². The number of halogens is 2. The minimum atomic E-state index is -4.03. The summed E-state index contributed by atoms with van der Waals surface area (Å²) in [6.07, 6.45) is 7.36. The summed E-state index contributed by atoms with van der Waals surface area (Å²) in [6, 6.07) is 4.64. The third-order valence-corrected chi connectivity index (χ3v) is 8.63. The second-order valence-electron chi connectivity index (χ2n) is 9.21. The number of aromatic nitrogens is 3. The molecule has 1 saturated carbocycles. The minimum absolute atomic E-state index is 0.0878. The third-order valence-electron chi connectivity index (χ3n) is 6.59. The van der Waals surface area contributed by atoms with E-state index in [9.17, 15) is 22.0 Å². The van der Waals surface area contributed by atoms with Crippen molar-refractivity contribution in [3.05, 3.63) is 71.9 Å². The average molecular weight is 514 g/mol. The third kappa shape index (κ3) is 4.85. The van der Waals surface area contributed by atoms with Crippen molar-refractivity contribution in [3.8, 4) is 11.3 Å². The lowest BCUT2D eigenvalue weighted by Crippen LogP contribution is -2.48. The van der Waals surface area contributed by atoms with E-state index in [1.807, 2.05) is 0 Å². The Kier molecular flexibility index (Phi) is 6.52. The Bertz CT molecular complexity index is 1380. The molecule has 3 heterocycles. The number of carbonyl (C=O) groups excluding carboxylic acids is 1. The van der Waals surface area contributed by atoms with Gasteiger partial charge >= 0.3 is 0 Å². The van der Waals surface area contributed by atoms with Crippen LogP contribution in [0.2, 0.25) is 0 Å². The number of carbonyl (C=O) groups is 1. The van der Waals surface area contributed by atoms with E-state index in [-0.39, 0.29) is 17.0 Å². The molecule has 36 heavy (non-hydrogen) atoms. The Hall–Kier alpha value is -3.31. The molecule has 3 aromatic rings. The maximum atomic E-state index is 14.5. The Morgan fingerprint density at radius 2 is 1.72 bits per heavy atom. The first-order valence-corrected chi connectivity index (χ1v) is 13.2. The van der Waals surface area contributed by atoms with Crippen LogP contribution >= 0.6 is 0 Å². The molecule has 0 bridgehead atoms. The Morgan fingerprint density at radius 3 is 2.39 bits per heavy atom. The summed E-state index contributed by atoms with van der Waals surface area (Å²) in [4.78, 5) is 25.8. The Morgan fingerprint density at radius 1 is 1.03 bits per heavy atom. The smallest absolute Gasteiger partial charge is 0.244 e. The predicted molar refractivity (Wildman–Crippen MR) is 127 cm³/mol. The van der Waals surface area contributed by atoms with E-state index < -0.39 is 39.6 Å². The molecule has 188 valence electrons. The lowest BCUT2D eigenvalue weighted by atomic mass is 10.1. The molecule has 5 rings (SSSR count). The van der Waals surface area contributed by atoms with Gasteiger partial charge in [0.05, 0.1) is 16.8 Å². The van der Waals surface area contributed by atoms with Crippen LogP contribution in [0.25, 0.3) is 11.3 Å². The van der Waals surface area contributed by atoms with Crippen molar-refractivity contribution in [1.82, 2.24) is 24.6 Å². The summed E-state index contributed by atoms with van der Waals surface area (Å²) < 4.78 is 55.4. The fourth-order valence-corrected chi connectivity index (χ4v) is 6.28. The number of benzene rings is 1. The number of pyridine rings is 1. The Labute approximate surface area is 207 Å². The summed E-state index contributed by atoms with van der Waals surface area (Å²) in [5.74, 6) is -0.470. The molecule has 2 aliphatic rings. The highest BCUT2D eigenvalue weighted by atomic mass is 32.2. The number of rotatable bonds is 7. The molecule has 1 aromatic carbocycles. The molecule has 0 unspecified atom stereocenters. The van der Waals surface area contributed by atoms with Gasteiger partial charge in [0.25, 0.3) is 0 Å². The van der Waals surface area contributed by atoms with Gasteiger partial charge in [0.1, 0.15) is 23.5 Å². The predicted octanol–water partition coefficient (Wildman–Crippen LogP) is 3.55. The highest BCUT2D eigenvalue weighted by Gasteiger charge is 2.43. The first kappa shape index (κ1) is 24.4. The van der Waals surface area contributed by atoms with Gasteiger partial charge < -0.3 is 5.32 Å². The summed E-state index contributed by atoms with van der Waals surface area (Å²) in [6.45, 7) is 1.58. The zero-order valence-corrected chi connectivity index (χ0v) is 20.4. The van der Waals surface area contributed by atoms with E-state index >= 15 is 0 Å². The number of hydrogen-bond donors (Lipinski definition) is 1. The molecular formula is C25H25F2N5O3S. The molecule has 0 spiro atoms. The van der Waals surface area contributed by atoms with Crippen LogP contribution in [-0.4, -0.2) is 45.7 Å². The largest absolute Gasteiger partial charge is 0.351 e. The molecule has 2 atom stereocenters. The fourth-order valence-electron chi connectivity index (χ4n) is 4.44. The number of nitrogens with one attached hydrogen (secondary N) is 1. The van der Waals surface area contributed by atoms with Gasteiger partial charge in [0.2, 0.25) is 15.9 Å². The van der Waals surface area contributed by atoms with Crippen molar-refractivity contribution in [2.75, 3.05) is 0 Å². The molecule has 1 saturated heterocycles. The van der Waals surface area contributed by atoms with Crippen molar-refractivity contribution >= 4 is 15.9 Å². The highest BCUT2D eigenvalue weighted by Crippen LogP contribution is 2.38. The van der Waals surface area contributed by atoms with Crippen molar-refractivity contribution in [1.29, 1.82) is 0 Å². The number of sulfonamides is 1. The molecule has 1 aliphatic carbocycles. The maximum Gasteiger partial charge on any atom is 0.244 e. The topological polar surface area (TPSA) is 105 Å². The van der Waals surface area contributed by atoms with E-state index in [0.29, 0.717) is 30.0 Å². The van der Waals surface area contributed by atoms with Gasteiger partial charge in [0, 0.05) is 42.0 Å². The second-order valence-corrected chi connectivity index (χ2v) is 11.1. The number of amides is 1. The van der Waals surface area contributed by atoms with Crippen LogP contribution in [-0.2, 0) is 21.4 Å². The Balaban J connectivity index is 1.31. The van der Waals surface area contributed by atoms with E-state index in [0.717, 1.165) is 41.3 Å². The van der Waals surface area contributed by atoms with Crippen LogP contribution in [0.15, 0.2) is 53.8 Å². The van der Waals surface area contributed by atoms with Crippen LogP contribution in [0.5, 0.6) is 0 Å². The van der Waals surface area contributed by atoms with Crippen LogP contribution in [0.1, 0.15) is 49.9 Å². The van der Waals surface area contributed by atoms with Crippen LogP contribution < -0.4 is 5.32 Å². The van der Waals surface area contributed by atoms with E-state index in [4.69, 9.17) is 0 Å². The molecule has 8 nitrogen and oxygen atoms in total. The monoisotopic (exact) mass is 513 g/mol. The average Bonchev–Trinajstić information content (AvgIpc) is 3.64. The molecule has 1 N–H and O–H groups in total. The lowest BCUT2D eigenvalue weighted by molar-refractivity contribution is -0.124. The summed E-state index contributed by atoms with van der Waals surface area (Å²) >= 11 is 0. The van der Waals surface area contributed by atoms with Crippen molar-refractivity contribution in [2.24, 2.45) is 0 Å². The molecule has 1 amide bonds. The molecular weight excluding hydrogens is 488 g/mol. The van der Waals surface area contributed by atoms with Crippen LogP contribution in [0.4, 0.5) is 8.78 Å². The second kappa shape index (κ2) is 9.62. The van der Waals surface area contributed by atoms with Gasteiger partial charge in [-0.3, -0.25) is 9.78 Å². The van der Waals surface area contributed by atoms with Gasteiger partial charge in [-0.1, -0.05) is 0 Å². The van der Waals surface area contributed by atoms with Crippen molar-refractivity contribution in [3.63, 3.8) is 0 Å². The van der Waals surface area contributed by atoms with Crippen LogP contribution in [0.3, 0.4) is 0 Å². The molecule has 2 aromatic heterocycles. The normalized spacial score (nSPS) is 20.4. The highest BCUT2D eigenvalue weighted by molar-refractivity contribution is 7.89. The van der Waals surface area contributed by atoms with Gasteiger partial charge in [-0.25, -0.2) is 27.2 Å². The zero-order chi connectivity index (χ0) is 25.4. The lowest BCUT2D eigenvalue weighted by Gasteiger charge is -2.27. The maximum absolute atomic E-state index is 14.5. The molecule has 1 aliphatic heterocycles. The minimum Gasteiger partial charge on any atom is -0.351 e. The zero-order valence-electron chi connectivity index (χ0n) is 19.6.